The van der Waals surface area contributed by atoms with Gasteiger partial charge in [-0.1, -0.05) is 95.3 Å². The molecule has 3 nitrogen and oxygen atoms in total. The largest absolute Gasteiger partial charge is 0.353 e. The monoisotopic (exact) mass is 500 g/mol. The van der Waals surface area contributed by atoms with Crippen LogP contribution in [0.4, 0.5) is 0 Å². The number of halogens is 1. The van der Waals surface area contributed by atoms with Gasteiger partial charge in [0.1, 0.15) is 0 Å². The molecule has 5 heteroatoms. The van der Waals surface area contributed by atoms with Crippen LogP contribution >= 0.6 is 15.9 Å². The molecule has 0 bridgehead atoms. The summed E-state index contributed by atoms with van der Waals surface area (Å²) in [5.41, 5.74) is 2.48. The average Bonchev–Trinajstić information content (AvgIpc) is 2.78. The van der Waals surface area contributed by atoms with Crippen molar-refractivity contribution >= 4 is 29.8 Å². The first-order chi connectivity index (χ1) is 15.0. The number of aryl methyl sites for hydroxylation is 1. The molecule has 1 atom stereocenters. The molecule has 1 heterocycles. The molecule has 0 radical (unpaired) electrons. The first kappa shape index (κ1) is 24.1. The Hall–Kier alpha value is -1.53. The van der Waals surface area contributed by atoms with Crippen molar-refractivity contribution in [1.29, 1.82) is 0 Å². The van der Waals surface area contributed by atoms with E-state index in [-0.39, 0.29) is 12.1 Å². The van der Waals surface area contributed by atoms with Gasteiger partial charge in [-0.3, -0.25) is 4.79 Å². The van der Waals surface area contributed by atoms with Gasteiger partial charge in [-0.15, -0.1) is 0 Å². The minimum atomic E-state index is -2.06. The van der Waals surface area contributed by atoms with E-state index in [2.05, 4.69) is 65.4 Å². The van der Waals surface area contributed by atoms with Crippen LogP contribution in [0.15, 0.2) is 70.3 Å². The van der Waals surface area contributed by atoms with Crippen LogP contribution in [0.1, 0.15) is 36.8 Å². The van der Waals surface area contributed by atoms with Crippen LogP contribution in [-0.2, 0) is 26.7 Å². The molecule has 0 aromatic heterocycles. The number of hydrogen-bond acceptors (Lipinski definition) is 3. The predicted molar refractivity (Wildman–Crippen MR) is 133 cm³/mol. The van der Waals surface area contributed by atoms with Crippen molar-refractivity contribution in [2.24, 2.45) is 0 Å². The lowest BCUT2D eigenvalue weighted by Crippen LogP contribution is -2.38. The SMILES string of the molecule is C[Si](C)(Cc1ccccc1)/C(C(=O)CCc1ccccc1)=C(/Br)COC1CCCCO1. The Balaban J connectivity index is 1.78. The molecule has 0 N–H and O–H groups in total. The summed E-state index contributed by atoms with van der Waals surface area (Å²) >= 11 is 3.76. The highest BCUT2D eigenvalue weighted by Gasteiger charge is 2.33. The van der Waals surface area contributed by atoms with Crippen LogP contribution in [0.25, 0.3) is 0 Å². The van der Waals surface area contributed by atoms with Crippen molar-refractivity contribution in [3.63, 3.8) is 0 Å². The maximum Gasteiger partial charge on any atom is 0.158 e. The third kappa shape index (κ3) is 7.53. The van der Waals surface area contributed by atoms with Crippen LogP contribution in [0.5, 0.6) is 0 Å². The number of Topliss-reactive ketones (excluding diaryl/α,β-unsaturated/α-hetero) is 1. The minimum Gasteiger partial charge on any atom is -0.353 e. The van der Waals surface area contributed by atoms with E-state index in [1.165, 1.54) is 11.1 Å². The number of ether oxygens (including phenoxy) is 2. The van der Waals surface area contributed by atoms with Gasteiger partial charge < -0.3 is 9.47 Å². The quantitative estimate of drug-likeness (QED) is 0.279. The fraction of sp³-hybridized carbons (Fsp3) is 0.423. The van der Waals surface area contributed by atoms with Gasteiger partial charge in [0, 0.05) is 17.5 Å². The van der Waals surface area contributed by atoms with Gasteiger partial charge in [-0.25, -0.2) is 0 Å². The Morgan fingerprint density at radius 2 is 1.68 bits per heavy atom. The van der Waals surface area contributed by atoms with E-state index in [0.717, 1.165) is 48.0 Å². The summed E-state index contributed by atoms with van der Waals surface area (Å²) in [5.74, 6) is 0.233. The highest BCUT2D eigenvalue weighted by Crippen LogP contribution is 2.29. The first-order valence-corrected chi connectivity index (χ1v) is 15.2. The second-order valence-electron chi connectivity index (χ2n) is 8.84. The molecule has 1 unspecified atom stereocenters. The molecule has 1 aliphatic heterocycles. The number of carbonyl (C=O) groups excluding carboxylic acids is 1. The van der Waals surface area contributed by atoms with E-state index in [0.29, 0.717) is 13.0 Å². The fourth-order valence-electron chi connectivity index (χ4n) is 4.20. The van der Waals surface area contributed by atoms with Crippen molar-refractivity contribution in [3.05, 3.63) is 81.5 Å². The van der Waals surface area contributed by atoms with Crippen LogP contribution in [0, 0.1) is 0 Å². The Morgan fingerprint density at radius 1 is 1.03 bits per heavy atom. The molecule has 0 amide bonds. The lowest BCUT2D eigenvalue weighted by Gasteiger charge is -2.28. The molecular weight excluding hydrogens is 468 g/mol. The Bertz CT molecular complexity index is 859. The van der Waals surface area contributed by atoms with Gasteiger partial charge in [0.15, 0.2) is 12.1 Å². The van der Waals surface area contributed by atoms with Gasteiger partial charge in [0.05, 0.1) is 14.7 Å². The minimum absolute atomic E-state index is 0.166. The van der Waals surface area contributed by atoms with Crippen molar-refractivity contribution in [3.8, 4) is 0 Å². The number of ketones is 1. The predicted octanol–water partition coefficient (Wildman–Crippen LogP) is 6.41. The Kier molecular flexibility index (Phi) is 9.26. The zero-order valence-corrected chi connectivity index (χ0v) is 21.2. The average molecular weight is 502 g/mol. The fourth-order valence-corrected chi connectivity index (χ4v) is 9.28. The smallest absolute Gasteiger partial charge is 0.158 e. The van der Waals surface area contributed by atoms with Crippen LogP contribution in [-0.4, -0.2) is 33.4 Å². The topological polar surface area (TPSA) is 35.5 Å². The third-order valence-electron chi connectivity index (χ3n) is 5.73. The highest BCUT2D eigenvalue weighted by atomic mass is 79.9. The first-order valence-electron chi connectivity index (χ1n) is 11.2. The molecule has 2 aromatic carbocycles. The molecule has 1 fully saturated rings. The lowest BCUT2D eigenvalue weighted by molar-refractivity contribution is -0.155. The lowest BCUT2D eigenvalue weighted by atomic mass is 10.1. The van der Waals surface area contributed by atoms with E-state index in [1.807, 2.05) is 24.3 Å². The van der Waals surface area contributed by atoms with Crippen molar-refractivity contribution in [2.45, 2.75) is 57.5 Å². The second kappa shape index (κ2) is 11.9. The number of rotatable bonds is 10. The maximum absolute atomic E-state index is 13.5. The molecule has 31 heavy (non-hydrogen) atoms. The standard InChI is InChI=1S/C26H33BrO3Si/c1-31(2,20-22-13-7-4-8-14-22)26(23(27)19-30-25-15-9-10-18-29-25)24(28)17-16-21-11-5-3-6-12-21/h3-8,11-14,25H,9-10,15-20H2,1-2H3/b26-23+. The number of hydrogen-bond donors (Lipinski definition) is 0. The van der Waals surface area contributed by atoms with Crippen molar-refractivity contribution in [1.82, 2.24) is 0 Å². The summed E-state index contributed by atoms with van der Waals surface area (Å²) in [4.78, 5) is 13.5. The third-order valence-corrected chi connectivity index (χ3v) is 9.95. The molecule has 0 aliphatic carbocycles. The highest BCUT2D eigenvalue weighted by molar-refractivity contribution is 9.11. The summed E-state index contributed by atoms with van der Waals surface area (Å²) in [6, 6.07) is 21.6. The summed E-state index contributed by atoms with van der Waals surface area (Å²) < 4.78 is 12.6. The maximum atomic E-state index is 13.5. The zero-order valence-electron chi connectivity index (χ0n) is 18.6. The van der Waals surface area contributed by atoms with Gasteiger partial charge in [-0.05, 0) is 42.5 Å². The van der Waals surface area contributed by atoms with Crippen molar-refractivity contribution < 1.29 is 14.3 Å². The summed E-state index contributed by atoms with van der Waals surface area (Å²) in [7, 11) is -2.06. The van der Waals surface area contributed by atoms with Gasteiger partial charge >= 0.3 is 0 Å². The summed E-state index contributed by atoms with van der Waals surface area (Å²) in [6.45, 7) is 5.72. The van der Waals surface area contributed by atoms with Gasteiger partial charge in [0.25, 0.3) is 0 Å². The van der Waals surface area contributed by atoms with Crippen LogP contribution in [0.2, 0.25) is 13.1 Å². The molecule has 2 aromatic rings. The molecule has 166 valence electrons. The van der Waals surface area contributed by atoms with E-state index in [1.54, 1.807) is 0 Å². The number of benzene rings is 2. The molecule has 1 aliphatic rings. The number of allylic oxidation sites excluding steroid dienone is 1. The Labute approximate surface area is 196 Å². The van der Waals surface area contributed by atoms with Crippen molar-refractivity contribution in [2.75, 3.05) is 13.2 Å². The van der Waals surface area contributed by atoms with E-state index < -0.39 is 8.07 Å². The van der Waals surface area contributed by atoms with E-state index in [4.69, 9.17) is 9.47 Å². The summed E-state index contributed by atoms with van der Waals surface area (Å²) in [6.07, 6.45) is 4.24. The van der Waals surface area contributed by atoms with E-state index >= 15 is 0 Å². The normalized spacial score (nSPS) is 17.8. The van der Waals surface area contributed by atoms with Crippen LogP contribution in [0.3, 0.4) is 0 Å². The molecule has 1 saturated heterocycles. The Morgan fingerprint density at radius 3 is 2.29 bits per heavy atom. The zero-order chi connectivity index (χ0) is 22.1. The molecular formula is C26H33BrO3Si. The molecule has 0 saturated carbocycles. The number of carbonyl (C=O) groups is 1. The van der Waals surface area contributed by atoms with E-state index in [9.17, 15) is 4.79 Å². The summed E-state index contributed by atoms with van der Waals surface area (Å²) in [5, 5.41) is 0.961. The second-order valence-corrected chi connectivity index (χ2v) is 14.4. The molecule has 3 rings (SSSR count). The van der Waals surface area contributed by atoms with Crippen LogP contribution < -0.4 is 0 Å². The molecule has 0 spiro atoms. The van der Waals surface area contributed by atoms with Gasteiger partial charge in [-0.2, -0.15) is 0 Å². The van der Waals surface area contributed by atoms with Gasteiger partial charge in [0.2, 0.25) is 0 Å².